The molecule has 0 radical (unpaired) electrons. The molecule has 16 heavy (non-hydrogen) atoms. The van der Waals surface area contributed by atoms with Crippen molar-refractivity contribution < 1.29 is 14.8 Å². The highest BCUT2D eigenvalue weighted by molar-refractivity contribution is 14.1. The van der Waals surface area contributed by atoms with Gasteiger partial charge in [0, 0.05) is 26.4 Å². The van der Waals surface area contributed by atoms with Gasteiger partial charge in [-0.2, -0.15) is 0 Å². The summed E-state index contributed by atoms with van der Waals surface area (Å²) < 4.78 is 0.766. The second-order valence-electron chi connectivity index (χ2n) is 2.86. The highest BCUT2D eigenvalue weighted by atomic mass is 127. The minimum atomic E-state index is -0.843. The van der Waals surface area contributed by atoms with E-state index in [9.17, 15) is 14.9 Å². The summed E-state index contributed by atoms with van der Waals surface area (Å²) in [4.78, 5) is 21.2. The maximum atomic E-state index is 10.5. The fourth-order valence-corrected chi connectivity index (χ4v) is 2.79. The summed E-state index contributed by atoms with van der Waals surface area (Å²) in [7, 11) is 0. The van der Waals surface area contributed by atoms with E-state index in [1.165, 1.54) is 23.9 Å². The van der Waals surface area contributed by atoms with Gasteiger partial charge in [-0.15, -0.1) is 11.8 Å². The van der Waals surface area contributed by atoms with Gasteiger partial charge in [0.05, 0.1) is 11.3 Å². The quantitative estimate of drug-likeness (QED) is 0.381. The number of hydrogen-bond acceptors (Lipinski definition) is 4. The fourth-order valence-electron chi connectivity index (χ4n) is 0.969. The molecule has 0 aliphatic heterocycles. The van der Waals surface area contributed by atoms with E-state index in [1.54, 1.807) is 6.07 Å². The molecule has 0 aromatic heterocycles. The van der Waals surface area contributed by atoms with Crippen molar-refractivity contribution in [3.63, 3.8) is 0 Å². The van der Waals surface area contributed by atoms with Gasteiger partial charge in [-0.1, -0.05) is 0 Å². The van der Waals surface area contributed by atoms with Crippen LogP contribution in [0.15, 0.2) is 23.1 Å². The number of non-ortho nitro benzene ring substituents is 1. The molecule has 0 saturated carbocycles. The fraction of sp³-hybridized carbons (Fsp3) is 0.222. The number of carboxylic acids is 1. The number of carbonyl (C=O) groups is 1. The van der Waals surface area contributed by atoms with Crippen molar-refractivity contribution in [3.05, 3.63) is 31.9 Å². The Labute approximate surface area is 110 Å². The van der Waals surface area contributed by atoms with E-state index in [4.69, 9.17) is 5.11 Å². The van der Waals surface area contributed by atoms with Crippen LogP contribution in [-0.2, 0) is 4.79 Å². The van der Waals surface area contributed by atoms with Crippen LogP contribution in [-0.4, -0.2) is 21.8 Å². The molecule has 1 rings (SSSR count). The third-order valence-electron chi connectivity index (χ3n) is 1.70. The van der Waals surface area contributed by atoms with Gasteiger partial charge in [0.2, 0.25) is 0 Å². The van der Waals surface area contributed by atoms with Crippen LogP contribution in [0.2, 0.25) is 0 Å². The minimum absolute atomic E-state index is 0.0481. The molecule has 0 atom stereocenters. The first-order valence-electron chi connectivity index (χ1n) is 4.29. The van der Waals surface area contributed by atoms with E-state index in [0.29, 0.717) is 5.75 Å². The van der Waals surface area contributed by atoms with Crippen molar-refractivity contribution in [2.75, 3.05) is 5.75 Å². The van der Waals surface area contributed by atoms with Crippen LogP contribution in [0.1, 0.15) is 6.42 Å². The normalized spacial score (nSPS) is 10.1. The van der Waals surface area contributed by atoms with E-state index in [-0.39, 0.29) is 12.1 Å². The molecule has 0 heterocycles. The maximum absolute atomic E-state index is 10.5. The maximum Gasteiger partial charge on any atom is 0.304 e. The van der Waals surface area contributed by atoms with Gasteiger partial charge < -0.3 is 5.11 Å². The number of aliphatic carboxylic acids is 1. The Morgan fingerprint density at radius 2 is 2.25 bits per heavy atom. The summed E-state index contributed by atoms with van der Waals surface area (Å²) in [6.07, 6.45) is 0.0811. The topological polar surface area (TPSA) is 80.4 Å². The van der Waals surface area contributed by atoms with Gasteiger partial charge in [-0.05, 0) is 28.7 Å². The first-order valence-corrected chi connectivity index (χ1v) is 6.35. The molecule has 0 amide bonds. The zero-order valence-corrected chi connectivity index (χ0v) is 11.0. The Balaban J connectivity index is 2.68. The lowest BCUT2D eigenvalue weighted by Gasteiger charge is -2.02. The first kappa shape index (κ1) is 13.2. The van der Waals surface area contributed by atoms with Crippen LogP contribution in [0.3, 0.4) is 0 Å². The Morgan fingerprint density at radius 1 is 1.56 bits per heavy atom. The van der Waals surface area contributed by atoms with Crippen molar-refractivity contribution in [3.8, 4) is 0 Å². The highest BCUT2D eigenvalue weighted by Gasteiger charge is 2.09. The molecule has 86 valence electrons. The van der Waals surface area contributed by atoms with Crippen molar-refractivity contribution in [1.82, 2.24) is 0 Å². The molecule has 0 aliphatic carbocycles. The number of halogens is 1. The summed E-state index contributed by atoms with van der Waals surface area (Å²) in [5, 5.41) is 19.0. The smallest absolute Gasteiger partial charge is 0.304 e. The van der Waals surface area contributed by atoms with Gasteiger partial charge >= 0.3 is 5.97 Å². The average Bonchev–Trinajstić information content (AvgIpc) is 2.19. The standard InChI is InChI=1S/C9H8INO4S/c10-7-5-6(11(14)15)1-2-8(7)16-4-3-9(12)13/h1-2,5H,3-4H2,(H,12,13). The summed E-state index contributed by atoms with van der Waals surface area (Å²) in [6, 6.07) is 4.54. The van der Waals surface area contributed by atoms with Crippen LogP contribution in [0.4, 0.5) is 5.69 Å². The predicted octanol–water partition coefficient (Wildman–Crippen LogP) is 2.77. The number of thioether (sulfide) groups is 1. The van der Waals surface area contributed by atoms with Crippen LogP contribution >= 0.6 is 34.4 Å². The lowest BCUT2D eigenvalue weighted by atomic mass is 10.3. The Bertz CT molecular complexity index is 424. The lowest BCUT2D eigenvalue weighted by Crippen LogP contribution is -1.96. The van der Waals surface area contributed by atoms with Crippen molar-refractivity contribution in [1.29, 1.82) is 0 Å². The summed E-state index contributed by atoms with van der Waals surface area (Å²) in [6.45, 7) is 0. The van der Waals surface area contributed by atoms with E-state index < -0.39 is 10.9 Å². The van der Waals surface area contributed by atoms with Crippen molar-refractivity contribution >= 4 is 46.0 Å². The number of nitro groups is 1. The Morgan fingerprint density at radius 3 is 2.75 bits per heavy atom. The molecule has 0 bridgehead atoms. The van der Waals surface area contributed by atoms with Crippen LogP contribution in [0, 0.1) is 13.7 Å². The second-order valence-corrected chi connectivity index (χ2v) is 5.16. The number of rotatable bonds is 5. The molecule has 7 heteroatoms. The van der Waals surface area contributed by atoms with Gasteiger partial charge in [-0.3, -0.25) is 14.9 Å². The minimum Gasteiger partial charge on any atom is -0.481 e. The molecule has 0 unspecified atom stereocenters. The van der Waals surface area contributed by atoms with E-state index in [2.05, 4.69) is 0 Å². The number of carboxylic acid groups (broad SMARTS) is 1. The molecular weight excluding hydrogens is 345 g/mol. The molecular formula is C9H8INO4S. The van der Waals surface area contributed by atoms with Crippen molar-refractivity contribution in [2.24, 2.45) is 0 Å². The summed E-state index contributed by atoms with van der Waals surface area (Å²) in [5.74, 6) is -0.382. The molecule has 1 aromatic carbocycles. The third-order valence-corrected chi connectivity index (χ3v) is 4.03. The van der Waals surface area contributed by atoms with E-state index in [1.807, 2.05) is 22.6 Å². The van der Waals surface area contributed by atoms with E-state index in [0.717, 1.165) is 8.47 Å². The highest BCUT2D eigenvalue weighted by Crippen LogP contribution is 2.28. The number of nitro benzene ring substituents is 1. The SMILES string of the molecule is O=C(O)CCSc1ccc([N+](=O)[O-])cc1I. The molecule has 5 nitrogen and oxygen atoms in total. The van der Waals surface area contributed by atoms with Gasteiger partial charge in [0.15, 0.2) is 0 Å². The van der Waals surface area contributed by atoms with Crippen LogP contribution < -0.4 is 0 Å². The summed E-state index contributed by atoms with van der Waals surface area (Å²) in [5.41, 5.74) is 0.0481. The van der Waals surface area contributed by atoms with E-state index >= 15 is 0 Å². The molecule has 0 aliphatic rings. The lowest BCUT2D eigenvalue weighted by molar-refractivity contribution is -0.385. The molecule has 1 N–H and O–H groups in total. The largest absolute Gasteiger partial charge is 0.481 e. The number of benzene rings is 1. The first-order chi connectivity index (χ1) is 7.50. The Kier molecular flexibility index (Phi) is 5.00. The van der Waals surface area contributed by atoms with Crippen LogP contribution in [0.5, 0.6) is 0 Å². The van der Waals surface area contributed by atoms with Crippen molar-refractivity contribution in [2.45, 2.75) is 11.3 Å². The third kappa shape index (κ3) is 3.97. The molecule has 1 aromatic rings. The molecule has 0 spiro atoms. The molecule has 0 saturated heterocycles. The zero-order chi connectivity index (χ0) is 12.1. The van der Waals surface area contributed by atoms with Gasteiger partial charge in [0.25, 0.3) is 5.69 Å². The number of hydrogen-bond donors (Lipinski definition) is 1. The Hall–Kier alpha value is -0.830. The predicted molar refractivity (Wildman–Crippen MR) is 68.8 cm³/mol. The summed E-state index contributed by atoms with van der Waals surface area (Å²) >= 11 is 3.39. The zero-order valence-electron chi connectivity index (χ0n) is 8.05. The second kappa shape index (κ2) is 6.04. The van der Waals surface area contributed by atoms with Crippen LogP contribution in [0.25, 0.3) is 0 Å². The van der Waals surface area contributed by atoms with Gasteiger partial charge in [0.1, 0.15) is 0 Å². The molecule has 0 fully saturated rings. The van der Waals surface area contributed by atoms with Gasteiger partial charge in [-0.25, -0.2) is 0 Å². The average molecular weight is 353 g/mol. The monoisotopic (exact) mass is 353 g/mol. The number of nitrogens with zero attached hydrogens (tertiary/aromatic N) is 1.